The molecule has 0 fully saturated rings. The predicted octanol–water partition coefficient (Wildman–Crippen LogP) is 1.42. The second-order valence-electron chi connectivity index (χ2n) is 3.30. The lowest BCUT2D eigenvalue weighted by molar-refractivity contribution is -0.117. The number of benzene rings is 1. The molecule has 0 saturated carbocycles. The van der Waals surface area contributed by atoms with Gasteiger partial charge in [-0.3, -0.25) is 4.79 Å². The molecule has 0 aliphatic carbocycles. The second kappa shape index (κ2) is 4.19. The van der Waals surface area contributed by atoms with Crippen molar-refractivity contribution in [1.29, 1.82) is 0 Å². The number of hydrogen-bond donors (Lipinski definition) is 2. The molecule has 0 unspecified atom stereocenters. The number of carbonyl (C=O) groups is 1. The first-order chi connectivity index (χ1) is 6.49. The van der Waals surface area contributed by atoms with Crippen molar-refractivity contribution in [2.45, 2.75) is 19.9 Å². The normalized spacial score (nSPS) is 12.3. The Morgan fingerprint density at radius 1 is 1.50 bits per heavy atom. The summed E-state index contributed by atoms with van der Waals surface area (Å²) in [4.78, 5) is 11.2. The molecule has 0 heterocycles. The number of rotatable bonds is 2. The number of carbonyl (C=O) groups excluding carboxylic acids is 1. The maximum Gasteiger partial charge on any atom is 0.241 e. The summed E-state index contributed by atoms with van der Waals surface area (Å²) in [6.45, 7) is 3.33. The molecule has 76 valence electrons. The van der Waals surface area contributed by atoms with E-state index in [0.717, 1.165) is 5.56 Å². The van der Waals surface area contributed by atoms with Gasteiger partial charge in [0.2, 0.25) is 5.91 Å². The highest BCUT2D eigenvalue weighted by Crippen LogP contribution is 2.13. The van der Waals surface area contributed by atoms with E-state index in [1.54, 1.807) is 19.9 Å². The molecule has 3 N–H and O–H groups in total. The van der Waals surface area contributed by atoms with E-state index in [2.05, 4.69) is 5.32 Å². The smallest absolute Gasteiger partial charge is 0.241 e. The Hall–Kier alpha value is -1.42. The maximum atomic E-state index is 12.9. The Labute approximate surface area is 82.1 Å². The SMILES string of the molecule is Cc1cc(F)cc(NC(=O)[C@@H](C)N)c1. The topological polar surface area (TPSA) is 55.1 Å². The number of amides is 1. The Kier molecular flexibility index (Phi) is 3.19. The van der Waals surface area contributed by atoms with E-state index < -0.39 is 6.04 Å². The Bertz CT molecular complexity index is 330. The molecule has 0 spiro atoms. The number of nitrogens with two attached hydrogens (primary N) is 1. The molecule has 0 bridgehead atoms. The molecular formula is C10H13FN2O. The molecule has 1 aromatic rings. The van der Waals surface area contributed by atoms with Crippen LogP contribution in [0.2, 0.25) is 0 Å². The van der Waals surface area contributed by atoms with E-state index in [1.165, 1.54) is 12.1 Å². The molecule has 1 aromatic carbocycles. The van der Waals surface area contributed by atoms with Gasteiger partial charge in [-0.15, -0.1) is 0 Å². The Morgan fingerprint density at radius 3 is 2.64 bits per heavy atom. The van der Waals surface area contributed by atoms with Gasteiger partial charge < -0.3 is 11.1 Å². The van der Waals surface area contributed by atoms with Crippen LogP contribution in [-0.4, -0.2) is 11.9 Å². The van der Waals surface area contributed by atoms with E-state index in [1.807, 2.05) is 0 Å². The third kappa shape index (κ3) is 2.81. The standard InChI is InChI=1S/C10H13FN2O/c1-6-3-8(11)5-9(4-6)13-10(14)7(2)12/h3-5,7H,12H2,1-2H3,(H,13,14)/t7-/m1/s1. The van der Waals surface area contributed by atoms with Crippen LogP contribution in [0.5, 0.6) is 0 Å². The van der Waals surface area contributed by atoms with Crippen LogP contribution in [0.4, 0.5) is 10.1 Å². The Morgan fingerprint density at radius 2 is 2.14 bits per heavy atom. The van der Waals surface area contributed by atoms with Crippen molar-refractivity contribution in [3.05, 3.63) is 29.6 Å². The summed E-state index contributed by atoms with van der Waals surface area (Å²) in [6, 6.07) is 3.73. The average Bonchev–Trinajstić information content (AvgIpc) is 2.01. The van der Waals surface area contributed by atoms with Crippen molar-refractivity contribution in [3.63, 3.8) is 0 Å². The van der Waals surface area contributed by atoms with Crippen LogP contribution in [0.1, 0.15) is 12.5 Å². The molecule has 1 amide bonds. The molecule has 1 atom stereocenters. The average molecular weight is 196 g/mol. The van der Waals surface area contributed by atoms with Gasteiger partial charge in [0.15, 0.2) is 0 Å². The molecular weight excluding hydrogens is 183 g/mol. The van der Waals surface area contributed by atoms with Gasteiger partial charge in [-0.1, -0.05) is 0 Å². The van der Waals surface area contributed by atoms with E-state index in [4.69, 9.17) is 5.73 Å². The second-order valence-corrected chi connectivity index (χ2v) is 3.30. The fraction of sp³-hybridized carbons (Fsp3) is 0.300. The number of anilines is 1. The van der Waals surface area contributed by atoms with Crippen molar-refractivity contribution in [1.82, 2.24) is 0 Å². The number of aryl methyl sites for hydroxylation is 1. The first kappa shape index (κ1) is 10.7. The summed E-state index contributed by atoms with van der Waals surface area (Å²) in [7, 11) is 0. The number of halogens is 1. The highest BCUT2D eigenvalue weighted by atomic mass is 19.1. The van der Waals surface area contributed by atoms with Gasteiger partial charge >= 0.3 is 0 Å². The lowest BCUT2D eigenvalue weighted by Gasteiger charge is -2.08. The van der Waals surface area contributed by atoms with Gasteiger partial charge in [-0.05, 0) is 37.6 Å². The minimum Gasteiger partial charge on any atom is -0.325 e. The highest BCUT2D eigenvalue weighted by Gasteiger charge is 2.07. The van der Waals surface area contributed by atoms with Crippen LogP contribution < -0.4 is 11.1 Å². The quantitative estimate of drug-likeness (QED) is 0.751. The lowest BCUT2D eigenvalue weighted by Crippen LogP contribution is -2.32. The van der Waals surface area contributed by atoms with Gasteiger partial charge in [0.05, 0.1) is 6.04 Å². The third-order valence-electron chi connectivity index (χ3n) is 1.72. The molecule has 0 aromatic heterocycles. The molecule has 3 nitrogen and oxygen atoms in total. The van der Waals surface area contributed by atoms with Gasteiger partial charge in [0.1, 0.15) is 5.82 Å². The van der Waals surface area contributed by atoms with E-state index >= 15 is 0 Å². The summed E-state index contributed by atoms with van der Waals surface area (Å²) in [5, 5.41) is 2.52. The molecule has 0 saturated heterocycles. The monoisotopic (exact) mass is 196 g/mol. The molecule has 14 heavy (non-hydrogen) atoms. The van der Waals surface area contributed by atoms with Crippen LogP contribution >= 0.6 is 0 Å². The first-order valence-electron chi connectivity index (χ1n) is 4.32. The molecule has 1 rings (SSSR count). The van der Waals surface area contributed by atoms with Crippen LogP contribution in [-0.2, 0) is 4.79 Å². The summed E-state index contributed by atoms with van der Waals surface area (Å²) >= 11 is 0. The summed E-state index contributed by atoms with van der Waals surface area (Å²) in [5.74, 6) is -0.694. The van der Waals surface area contributed by atoms with Crippen molar-refractivity contribution >= 4 is 11.6 Å². The van der Waals surface area contributed by atoms with Crippen LogP contribution in [0.15, 0.2) is 18.2 Å². The largest absolute Gasteiger partial charge is 0.325 e. The van der Waals surface area contributed by atoms with Gasteiger partial charge in [0, 0.05) is 5.69 Å². The summed E-state index contributed by atoms with van der Waals surface area (Å²) in [5.41, 5.74) is 6.54. The van der Waals surface area contributed by atoms with Crippen LogP contribution in [0.3, 0.4) is 0 Å². The van der Waals surface area contributed by atoms with Gasteiger partial charge in [-0.25, -0.2) is 4.39 Å². The van der Waals surface area contributed by atoms with Crippen molar-refractivity contribution in [2.24, 2.45) is 5.73 Å². The van der Waals surface area contributed by atoms with Crippen molar-refractivity contribution in [3.8, 4) is 0 Å². The zero-order valence-electron chi connectivity index (χ0n) is 8.17. The fourth-order valence-electron chi connectivity index (χ4n) is 1.06. The summed E-state index contributed by atoms with van der Waals surface area (Å²) < 4.78 is 12.9. The lowest BCUT2D eigenvalue weighted by atomic mass is 10.2. The minimum atomic E-state index is -0.599. The molecule has 0 radical (unpaired) electrons. The van der Waals surface area contributed by atoms with Crippen molar-refractivity contribution < 1.29 is 9.18 Å². The van der Waals surface area contributed by atoms with Crippen LogP contribution in [0, 0.1) is 12.7 Å². The first-order valence-corrected chi connectivity index (χ1v) is 4.32. The maximum absolute atomic E-state index is 12.9. The summed E-state index contributed by atoms with van der Waals surface area (Å²) in [6.07, 6.45) is 0. The van der Waals surface area contributed by atoms with E-state index in [9.17, 15) is 9.18 Å². The van der Waals surface area contributed by atoms with Crippen molar-refractivity contribution in [2.75, 3.05) is 5.32 Å². The zero-order chi connectivity index (χ0) is 10.7. The molecule has 0 aliphatic heterocycles. The Balaban J connectivity index is 2.82. The molecule has 4 heteroatoms. The van der Waals surface area contributed by atoms with Gasteiger partial charge in [0.25, 0.3) is 0 Å². The predicted molar refractivity (Wildman–Crippen MR) is 53.4 cm³/mol. The van der Waals surface area contributed by atoms with Crippen LogP contribution in [0.25, 0.3) is 0 Å². The third-order valence-corrected chi connectivity index (χ3v) is 1.72. The van der Waals surface area contributed by atoms with E-state index in [0.29, 0.717) is 5.69 Å². The van der Waals surface area contributed by atoms with E-state index in [-0.39, 0.29) is 11.7 Å². The fourth-order valence-corrected chi connectivity index (χ4v) is 1.06. The minimum absolute atomic E-state index is 0.324. The number of nitrogens with one attached hydrogen (secondary N) is 1. The highest BCUT2D eigenvalue weighted by molar-refractivity contribution is 5.94. The zero-order valence-corrected chi connectivity index (χ0v) is 8.17. The molecule has 0 aliphatic rings. The number of hydrogen-bond acceptors (Lipinski definition) is 2. The van der Waals surface area contributed by atoms with Gasteiger partial charge in [-0.2, -0.15) is 0 Å².